The van der Waals surface area contributed by atoms with Crippen LogP contribution in [0.5, 0.6) is 5.75 Å². The van der Waals surface area contributed by atoms with E-state index >= 15 is 0 Å². The first-order chi connectivity index (χ1) is 18.2. The topological polar surface area (TPSA) is 95.9 Å². The van der Waals surface area contributed by atoms with Gasteiger partial charge in [0.2, 0.25) is 0 Å². The molecule has 1 atom stereocenters. The van der Waals surface area contributed by atoms with E-state index in [4.69, 9.17) is 4.74 Å². The van der Waals surface area contributed by atoms with Crippen LogP contribution in [0.2, 0.25) is 0 Å². The standard InChI is InChI=1S/C30H31FN2O5/c1-4-5-14-38-23-11-8-19(9-12-23)28(34)32-26-13-10-21(16-25(26)31)20-6-7-22-17-33(29(35)24(22)15-20)27(18(2)3)30(36)37/h6-13,15-16,18,27H,4-5,14,17H2,1-3H3,(H,32,34)(H,36,37)/t27-/m0/s1. The van der Waals surface area contributed by atoms with Crippen molar-refractivity contribution in [3.8, 4) is 16.9 Å². The number of anilines is 1. The summed E-state index contributed by atoms with van der Waals surface area (Å²) in [6.07, 6.45) is 1.97. The lowest BCUT2D eigenvalue weighted by Crippen LogP contribution is -2.44. The molecule has 4 rings (SSSR count). The van der Waals surface area contributed by atoms with Crippen molar-refractivity contribution < 1.29 is 28.6 Å². The fourth-order valence-corrected chi connectivity index (χ4v) is 4.53. The number of hydrogen-bond donors (Lipinski definition) is 2. The van der Waals surface area contributed by atoms with Crippen molar-refractivity contribution in [1.29, 1.82) is 0 Å². The number of amides is 2. The van der Waals surface area contributed by atoms with Crippen LogP contribution in [-0.4, -0.2) is 40.4 Å². The zero-order chi connectivity index (χ0) is 27.4. The van der Waals surface area contributed by atoms with E-state index in [1.165, 1.54) is 17.0 Å². The molecule has 1 heterocycles. The molecule has 0 radical (unpaired) electrons. The number of halogens is 1. The van der Waals surface area contributed by atoms with Crippen LogP contribution in [0.3, 0.4) is 0 Å². The lowest BCUT2D eigenvalue weighted by atomic mass is 10.00. The van der Waals surface area contributed by atoms with Crippen LogP contribution in [0.15, 0.2) is 60.7 Å². The van der Waals surface area contributed by atoms with Crippen molar-refractivity contribution in [3.05, 3.63) is 83.2 Å². The number of hydrogen-bond acceptors (Lipinski definition) is 4. The van der Waals surface area contributed by atoms with Gasteiger partial charge in [0.15, 0.2) is 0 Å². The Morgan fingerprint density at radius 2 is 1.74 bits per heavy atom. The number of nitrogens with one attached hydrogen (secondary N) is 1. The zero-order valence-corrected chi connectivity index (χ0v) is 21.7. The van der Waals surface area contributed by atoms with E-state index < -0.39 is 23.7 Å². The van der Waals surface area contributed by atoms with Crippen LogP contribution in [-0.2, 0) is 11.3 Å². The monoisotopic (exact) mass is 518 g/mol. The Morgan fingerprint density at radius 3 is 2.37 bits per heavy atom. The summed E-state index contributed by atoms with van der Waals surface area (Å²) in [5.74, 6) is -2.04. The fraction of sp³-hybridized carbons (Fsp3) is 0.300. The molecule has 2 N–H and O–H groups in total. The third-order valence-electron chi connectivity index (χ3n) is 6.60. The first-order valence-corrected chi connectivity index (χ1v) is 12.7. The minimum atomic E-state index is -1.04. The summed E-state index contributed by atoms with van der Waals surface area (Å²) in [5, 5.41) is 12.2. The molecule has 0 bridgehead atoms. The minimum absolute atomic E-state index is 0.0340. The highest BCUT2D eigenvalue weighted by Crippen LogP contribution is 2.32. The molecule has 8 heteroatoms. The van der Waals surface area contributed by atoms with E-state index in [1.54, 1.807) is 62.4 Å². The fourth-order valence-electron chi connectivity index (χ4n) is 4.53. The highest BCUT2D eigenvalue weighted by atomic mass is 19.1. The van der Waals surface area contributed by atoms with Gasteiger partial charge in [-0.05, 0) is 71.5 Å². The smallest absolute Gasteiger partial charge is 0.326 e. The molecule has 198 valence electrons. The summed E-state index contributed by atoms with van der Waals surface area (Å²) in [4.78, 5) is 38.8. The average Bonchev–Trinajstić information content (AvgIpc) is 3.20. The molecule has 1 aliphatic rings. The Morgan fingerprint density at radius 1 is 1.05 bits per heavy atom. The van der Waals surface area contributed by atoms with Crippen LogP contribution in [0, 0.1) is 11.7 Å². The lowest BCUT2D eigenvalue weighted by Gasteiger charge is -2.27. The molecule has 0 unspecified atom stereocenters. The summed E-state index contributed by atoms with van der Waals surface area (Å²) in [5.41, 5.74) is 2.70. The molecule has 38 heavy (non-hydrogen) atoms. The molecule has 0 spiro atoms. The van der Waals surface area contributed by atoms with Crippen LogP contribution in [0.4, 0.5) is 10.1 Å². The maximum Gasteiger partial charge on any atom is 0.326 e. The summed E-state index contributed by atoms with van der Waals surface area (Å²) in [6.45, 7) is 6.43. The van der Waals surface area contributed by atoms with E-state index in [-0.39, 0.29) is 24.1 Å². The molecule has 0 saturated carbocycles. The van der Waals surface area contributed by atoms with Gasteiger partial charge in [-0.1, -0.05) is 45.4 Å². The number of nitrogens with zero attached hydrogens (tertiary/aromatic N) is 1. The van der Waals surface area contributed by atoms with Crippen molar-refractivity contribution >= 4 is 23.5 Å². The van der Waals surface area contributed by atoms with Gasteiger partial charge in [-0.3, -0.25) is 9.59 Å². The molecule has 7 nitrogen and oxygen atoms in total. The highest BCUT2D eigenvalue weighted by Gasteiger charge is 2.38. The van der Waals surface area contributed by atoms with E-state index in [1.807, 2.05) is 0 Å². The molecule has 2 amide bonds. The molecule has 0 aromatic heterocycles. The van der Waals surface area contributed by atoms with Gasteiger partial charge in [-0.15, -0.1) is 0 Å². The van der Waals surface area contributed by atoms with Gasteiger partial charge in [0.25, 0.3) is 11.8 Å². The Balaban J connectivity index is 1.47. The van der Waals surface area contributed by atoms with E-state index in [0.29, 0.717) is 34.6 Å². The number of ether oxygens (including phenoxy) is 1. The maximum atomic E-state index is 15.0. The predicted octanol–water partition coefficient (Wildman–Crippen LogP) is 5.99. The largest absolute Gasteiger partial charge is 0.494 e. The maximum absolute atomic E-state index is 15.0. The number of carboxylic acids is 1. The summed E-state index contributed by atoms with van der Waals surface area (Å²) in [7, 11) is 0. The summed E-state index contributed by atoms with van der Waals surface area (Å²) >= 11 is 0. The normalized spacial score (nSPS) is 13.4. The van der Waals surface area contributed by atoms with Gasteiger partial charge in [0.05, 0.1) is 12.3 Å². The first-order valence-electron chi connectivity index (χ1n) is 12.7. The Kier molecular flexibility index (Phi) is 8.10. The van der Waals surface area contributed by atoms with Crippen molar-refractivity contribution in [2.24, 2.45) is 5.92 Å². The lowest BCUT2D eigenvalue weighted by molar-refractivity contribution is -0.144. The molecule has 0 aliphatic carbocycles. The Labute approximate surface area is 221 Å². The number of aliphatic carboxylic acids is 1. The predicted molar refractivity (Wildman–Crippen MR) is 143 cm³/mol. The second kappa shape index (κ2) is 11.5. The van der Waals surface area contributed by atoms with Crippen molar-refractivity contribution in [1.82, 2.24) is 4.90 Å². The van der Waals surface area contributed by atoms with Crippen LogP contribution < -0.4 is 10.1 Å². The number of carbonyl (C=O) groups is 3. The Hall–Kier alpha value is -4.20. The van der Waals surface area contributed by atoms with Crippen molar-refractivity contribution in [2.75, 3.05) is 11.9 Å². The van der Waals surface area contributed by atoms with E-state index in [9.17, 15) is 23.9 Å². The average molecular weight is 519 g/mol. The van der Waals surface area contributed by atoms with Crippen molar-refractivity contribution in [2.45, 2.75) is 46.2 Å². The van der Waals surface area contributed by atoms with Crippen molar-refractivity contribution in [3.63, 3.8) is 0 Å². The molecule has 0 fully saturated rings. The number of unbranched alkanes of at least 4 members (excludes halogenated alkanes) is 1. The van der Waals surface area contributed by atoms with Gasteiger partial charge in [0, 0.05) is 17.7 Å². The summed E-state index contributed by atoms with van der Waals surface area (Å²) < 4.78 is 20.6. The Bertz CT molecular complexity index is 1350. The van der Waals surface area contributed by atoms with Crippen LogP contribution in [0.1, 0.15) is 59.9 Å². The zero-order valence-electron chi connectivity index (χ0n) is 21.7. The third kappa shape index (κ3) is 5.69. The van der Waals surface area contributed by atoms with Gasteiger partial charge in [0.1, 0.15) is 17.6 Å². The summed E-state index contributed by atoms with van der Waals surface area (Å²) in [6, 6.07) is 15.4. The number of carbonyl (C=O) groups excluding carboxylic acids is 2. The molecule has 3 aromatic carbocycles. The number of carboxylic acid groups (broad SMARTS) is 1. The van der Waals surface area contributed by atoms with E-state index in [2.05, 4.69) is 12.2 Å². The van der Waals surface area contributed by atoms with Gasteiger partial charge >= 0.3 is 5.97 Å². The SMILES string of the molecule is CCCCOc1ccc(C(=O)Nc2ccc(-c3ccc4c(c3)C(=O)N([C@H](C(=O)O)C(C)C)C4)cc2F)cc1. The molecule has 3 aromatic rings. The third-order valence-corrected chi connectivity index (χ3v) is 6.60. The number of rotatable bonds is 10. The molecular formula is C30H31FN2O5. The molecule has 0 saturated heterocycles. The van der Waals surface area contributed by atoms with Gasteiger partial charge in [-0.2, -0.15) is 0 Å². The van der Waals surface area contributed by atoms with Crippen LogP contribution >= 0.6 is 0 Å². The number of benzene rings is 3. The van der Waals surface area contributed by atoms with Gasteiger partial charge in [-0.25, -0.2) is 9.18 Å². The quantitative estimate of drug-likeness (QED) is 0.322. The second-order valence-electron chi connectivity index (χ2n) is 9.71. The molecule has 1 aliphatic heterocycles. The second-order valence-corrected chi connectivity index (χ2v) is 9.71. The van der Waals surface area contributed by atoms with Gasteiger partial charge < -0.3 is 20.1 Å². The van der Waals surface area contributed by atoms with Crippen LogP contribution in [0.25, 0.3) is 11.1 Å². The molecular weight excluding hydrogens is 487 g/mol. The minimum Gasteiger partial charge on any atom is -0.494 e. The van der Waals surface area contributed by atoms with E-state index in [0.717, 1.165) is 18.4 Å². The first kappa shape index (κ1) is 26.9. The highest BCUT2D eigenvalue weighted by molar-refractivity contribution is 6.04. The number of fused-ring (bicyclic) bond motifs is 1.